The van der Waals surface area contributed by atoms with Crippen molar-refractivity contribution in [2.45, 2.75) is 31.1 Å². The summed E-state index contributed by atoms with van der Waals surface area (Å²) in [6.45, 7) is 13.5. The van der Waals surface area contributed by atoms with Crippen molar-refractivity contribution in [1.82, 2.24) is 0 Å². The predicted octanol–water partition coefficient (Wildman–Crippen LogP) is 11.4. The van der Waals surface area contributed by atoms with E-state index in [1.54, 1.807) is 0 Å². The molecule has 0 N–H and O–H groups in total. The van der Waals surface area contributed by atoms with Gasteiger partial charge in [0.15, 0.2) is 0 Å². The molecule has 0 heterocycles. The first kappa shape index (κ1) is 27.4. The first-order valence-corrected chi connectivity index (χ1v) is 15.9. The molecule has 6 aromatic rings. The van der Waals surface area contributed by atoms with Gasteiger partial charge in [-0.15, -0.1) is 0 Å². The lowest BCUT2D eigenvalue weighted by Crippen LogP contribution is -2.34. The van der Waals surface area contributed by atoms with Crippen LogP contribution in [0.4, 0.5) is 0 Å². The van der Waals surface area contributed by atoms with E-state index in [0.717, 1.165) is 11.1 Å². The first-order chi connectivity index (χ1) is 22.0. The Morgan fingerprint density at radius 2 is 0.778 bits per heavy atom. The van der Waals surface area contributed by atoms with Crippen LogP contribution in [0, 0.1) is 0 Å². The molecule has 0 heteroatoms. The summed E-state index contributed by atoms with van der Waals surface area (Å²) < 4.78 is 0. The highest BCUT2D eigenvalue weighted by Gasteiger charge is 2.47. The Morgan fingerprint density at radius 3 is 1.18 bits per heavy atom. The molecule has 2 aliphatic rings. The van der Waals surface area contributed by atoms with E-state index in [2.05, 4.69) is 173 Å². The van der Waals surface area contributed by atoms with E-state index in [1.807, 2.05) is 0 Å². The lowest BCUT2D eigenvalue weighted by molar-refractivity contribution is 0.714. The summed E-state index contributed by atoms with van der Waals surface area (Å²) in [5, 5.41) is 0. The molecule has 8 rings (SSSR count). The maximum absolute atomic E-state index is 4.58. The Labute approximate surface area is 267 Å². The van der Waals surface area contributed by atoms with Crippen molar-refractivity contribution in [2.75, 3.05) is 0 Å². The Morgan fingerprint density at radius 1 is 0.422 bits per heavy atom. The van der Waals surface area contributed by atoms with Gasteiger partial charge in [0.25, 0.3) is 0 Å². The zero-order valence-corrected chi connectivity index (χ0v) is 25.9. The number of allylic oxidation sites excluding steroid dienone is 2. The highest BCUT2D eigenvalue weighted by atomic mass is 14.5. The van der Waals surface area contributed by atoms with Crippen molar-refractivity contribution >= 4 is 0 Å². The van der Waals surface area contributed by atoms with Gasteiger partial charge in [-0.25, -0.2) is 0 Å². The lowest BCUT2D eigenvalue weighted by Gasteiger charge is -2.41. The summed E-state index contributed by atoms with van der Waals surface area (Å²) in [6, 6.07) is 54.0. The van der Waals surface area contributed by atoms with Crippen LogP contribution in [0.1, 0.15) is 70.2 Å². The maximum Gasteiger partial charge on any atom is 0.0708 e. The van der Waals surface area contributed by atoms with Gasteiger partial charge in [0.05, 0.1) is 5.41 Å². The Balaban J connectivity index is 1.57. The summed E-state index contributed by atoms with van der Waals surface area (Å²) in [5.41, 5.74) is 17.5. The molecule has 0 spiro atoms. The molecule has 0 bridgehead atoms. The molecule has 45 heavy (non-hydrogen) atoms. The third kappa shape index (κ3) is 3.85. The summed E-state index contributed by atoms with van der Waals surface area (Å²) in [4.78, 5) is 0. The molecule has 0 amide bonds. The van der Waals surface area contributed by atoms with Gasteiger partial charge in [-0.1, -0.05) is 170 Å². The zero-order chi connectivity index (χ0) is 30.7. The van der Waals surface area contributed by atoms with Crippen LogP contribution >= 0.6 is 0 Å². The maximum atomic E-state index is 4.58. The molecular weight excluding hydrogens is 540 g/mol. The fourth-order valence-corrected chi connectivity index (χ4v) is 8.51. The van der Waals surface area contributed by atoms with Crippen molar-refractivity contribution in [2.24, 2.45) is 0 Å². The number of fused-ring (bicyclic) bond motifs is 6. The largest absolute Gasteiger partial charge is 0.0992 e. The molecule has 0 saturated heterocycles. The van der Waals surface area contributed by atoms with E-state index in [9.17, 15) is 0 Å². The molecule has 6 aromatic carbocycles. The van der Waals surface area contributed by atoms with E-state index >= 15 is 0 Å². The molecule has 0 radical (unpaired) electrons. The van der Waals surface area contributed by atoms with E-state index in [4.69, 9.17) is 0 Å². The van der Waals surface area contributed by atoms with E-state index in [0.29, 0.717) is 0 Å². The van der Waals surface area contributed by atoms with Crippen molar-refractivity contribution in [1.29, 1.82) is 0 Å². The molecule has 0 aromatic heterocycles. The molecule has 0 aliphatic heterocycles. The predicted molar refractivity (Wildman–Crippen MR) is 189 cm³/mol. The normalized spacial score (nSPS) is 16.0. The van der Waals surface area contributed by atoms with Crippen LogP contribution in [0.3, 0.4) is 0 Å². The molecule has 2 unspecified atom stereocenters. The van der Waals surface area contributed by atoms with Crippen molar-refractivity contribution < 1.29 is 0 Å². The minimum absolute atomic E-state index is 0.102. The van der Waals surface area contributed by atoms with Gasteiger partial charge in [0.2, 0.25) is 0 Å². The molecule has 0 fully saturated rings. The number of hydrogen-bond donors (Lipinski definition) is 0. The minimum Gasteiger partial charge on any atom is -0.0992 e. The monoisotopic (exact) mass is 576 g/mol. The topological polar surface area (TPSA) is 0 Å². The minimum atomic E-state index is -0.606. The molecule has 0 nitrogen and oxygen atoms in total. The molecular formula is C45H36. The summed E-state index contributed by atoms with van der Waals surface area (Å²) in [7, 11) is 0. The average Bonchev–Trinajstić information content (AvgIpc) is 3.61. The second kappa shape index (κ2) is 10.5. The quantitative estimate of drug-likeness (QED) is 0.137. The number of hydrogen-bond acceptors (Lipinski definition) is 0. The molecule has 216 valence electrons. The van der Waals surface area contributed by atoms with Crippen LogP contribution in [0.5, 0.6) is 0 Å². The van der Waals surface area contributed by atoms with E-state index < -0.39 is 5.41 Å². The van der Waals surface area contributed by atoms with Gasteiger partial charge in [-0.2, -0.15) is 0 Å². The smallest absolute Gasteiger partial charge is 0.0708 e. The average molecular weight is 577 g/mol. The van der Waals surface area contributed by atoms with Gasteiger partial charge in [-0.05, 0) is 80.6 Å². The van der Waals surface area contributed by atoms with Crippen LogP contribution in [-0.4, -0.2) is 0 Å². The van der Waals surface area contributed by atoms with Gasteiger partial charge in [0, 0.05) is 11.8 Å². The molecule has 0 saturated carbocycles. The first-order valence-electron chi connectivity index (χ1n) is 15.9. The van der Waals surface area contributed by atoms with Crippen LogP contribution < -0.4 is 0 Å². The van der Waals surface area contributed by atoms with Crippen molar-refractivity contribution in [3.8, 4) is 22.3 Å². The summed E-state index contributed by atoms with van der Waals surface area (Å²) in [5.74, 6) is 0.204. The third-order valence-corrected chi connectivity index (χ3v) is 10.1. The fourth-order valence-electron chi connectivity index (χ4n) is 8.51. The Bertz CT molecular complexity index is 1960. The summed E-state index contributed by atoms with van der Waals surface area (Å²) in [6.07, 6.45) is 0. The summed E-state index contributed by atoms with van der Waals surface area (Å²) >= 11 is 0. The second-order valence-electron chi connectivity index (χ2n) is 12.7. The second-order valence-corrected chi connectivity index (χ2v) is 12.7. The van der Waals surface area contributed by atoms with Crippen molar-refractivity contribution in [3.63, 3.8) is 0 Å². The van der Waals surface area contributed by atoms with Gasteiger partial charge in [-0.3, -0.25) is 0 Å². The van der Waals surface area contributed by atoms with Gasteiger partial charge < -0.3 is 0 Å². The standard InChI is InChI=1S/C45H36/c1-29(2)41-35-23-13-11-21-33(35)37-25-15-27-39(43(37)41)45(31-17-7-5-8-18-31,32-19-9-6-10-20-32)40-28-16-26-38-34-22-12-14-24-36(34)42(30(3)4)44(38)40/h5-28,41-42H,1,3H2,2,4H3. The van der Waals surface area contributed by atoms with Gasteiger partial charge in [0.1, 0.15) is 0 Å². The fraction of sp³-hybridized carbons (Fsp3) is 0.111. The molecule has 2 aliphatic carbocycles. The number of benzene rings is 6. The SMILES string of the molecule is C=C(C)C1c2ccccc2-c2cccc(C(c3ccccc3)(c3ccccc3)c3cccc4c3C(C(=C)C)c3ccccc3-4)c21. The van der Waals surface area contributed by atoms with E-state index in [1.165, 1.54) is 66.8 Å². The van der Waals surface area contributed by atoms with Crippen LogP contribution in [0.2, 0.25) is 0 Å². The van der Waals surface area contributed by atoms with Gasteiger partial charge >= 0.3 is 0 Å². The van der Waals surface area contributed by atoms with Crippen LogP contribution in [0.25, 0.3) is 22.3 Å². The highest BCUT2D eigenvalue weighted by molar-refractivity contribution is 5.86. The zero-order valence-electron chi connectivity index (χ0n) is 25.9. The van der Waals surface area contributed by atoms with E-state index in [-0.39, 0.29) is 11.8 Å². The van der Waals surface area contributed by atoms with Crippen LogP contribution in [-0.2, 0) is 5.41 Å². The third-order valence-electron chi connectivity index (χ3n) is 10.1. The van der Waals surface area contributed by atoms with Crippen molar-refractivity contribution in [3.05, 3.63) is 214 Å². The Kier molecular flexibility index (Phi) is 6.36. The molecule has 2 atom stereocenters. The van der Waals surface area contributed by atoms with Crippen LogP contribution in [0.15, 0.2) is 170 Å². The number of rotatable bonds is 6. The Hall–Kier alpha value is -5.20. The highest BCUT2D eigenvalue weighted by Crippen LogP contribution is 2.59. The lowest BCUT2D eigenvalue weighted by atomic mass is 9.60.